The molecule has 1 heterocycles. The fourth-order valence-corrected chi connectivity index (χ4v) is 3.00. The Hall–Kier alpha value is -3.08. The van der Waals surface area contributed by atoms with Crippen molar-refractivity contribution in [1.29, 1.82) is 0 Å². The smallest absolute Gasteiger partial charge is 0.169 e. The quantitative estimate of drug-likeness (QED) is 0.640. The average molecular weight is 348 g/mol. The van der Waals surface area contributed by atoms with Gasteiger partial charge >= 0.3 is 0 Å². The first-order valence-electron chi connectivity index (χ1n) is 8.53. The van der Waals surface area contributed by atoms with Crippen molar-refractivity contribution in [2.24, 2.45) is 0 Å². The number of aldehydes is 1. The van der Waals surface area contributed by atoms with Gasteiger partial charge in [0.25, 0.3) is 0 Å². The van der Waals surface area contributed by atoms with Crippen LogP contribution >= 0.6 is 0 Å². The second kappa shape index (κ2) is 7.44. The molecule has 2 aromatic carbocycles. The summed E-state index contributed by atoms with van der Waals surface area (Å²) in [6, 6.07) is 16.9. The summed E-state index contributed by atoms with van der Waals surface area (Å²) in [5, 5.41) is 0. The molecule has 26 heavy (non-hydrogen) atoms. The Morgan fingerprint density at radius 2 is 1.31 bits per heavy atom. The van der Waals surface area contributed by atoms with Crippen molar-refractivity contribution in [1.82, 2.24) is 9.55 Å². The van der Waals surface area contributed by atoms with Crippen molar-refractivity contribution in [2.75, 3.05) is 38.0 Å². The monoisotopic (exact) mass is 348 g/mol. The first-order valence-corrected chi connectivity index (χ1v) is 8.53. The van der Waals surface area contributed by atoms with Gasteiger partial charge in [-0.3, -0.25) is 4.79 Å². The Bertz CT molecular complexity index is 812. The van der Waals surface area contributed by atoms with E-state index < -0.39 is 0 Å². The Morgan fingerprint density at radius 1 is 0.846 bits per heavy atom. The number of aromatic nitrogens is 2. The van der Waals surface area contributed by atoms with E-state index >= 15 is 0 Å². The normalized spacial score (nSPS) is 10.8. The molecule has 0 aliphatic carbocycles. The Labute approximate surface area is 154 Å². The van der Waals surface area contributed by atoms with Gasteiger partial charge in [-0.15, -0.1) is 0 Å². The van der Waals surface area contributed by atoms with Crippen molar-refractivity contribution in [3.63, 3.8) is 0 Å². The number of benzene rings is 2. The third-order valence-corrected chi connectivity index (χ3v) is 4.49. The van der Waals surface area contributed by atoms with Crippen LogP contribution in [-0.2, 0) is 0 Å². The molecule has 0 unspecified atom stereocenters. The van der Waals surface area contributed by atoms with Crippen LogP contribution in [0.1, 0.15) is 27.7 Å². The van der Waals surface area contributed by atoms with Gasteiger partial charge in [0.1, 0.15) is 5.69 Å². The van der Waals surface area contributed by atoms with Gasteiger partial charge in [0.05, 0.1) is 12.4 Å². The maximum atomic E-state index is 11.1. The van der Waals surface area contributed by atoms with Crippen molar-refractivity contribution in [3.05, 3.63) is 77.9 Å². The van der Waals surface area contributed by atoms with Gasteiger partial charge in [-0.05, 0) is 35.4 Å². The Morgan fingerprint density at radius 3 is 1.65 bits per heavy atom. The van der Waals surface area contributed by atoms with Crippen molar-refractivity contribution < 1.29 is 4.79 Å². The molecule has 0 fully saturated rings. The number of imidazole rings is 1. The molecule has 0 N–H and O–H groups in total. The first-order chi connectivity index (χ1) is 12.5. The number of nitrogens with zero attached hydrogens (tertiary/aromatic N) is 4. The fourth-order valence-electron chi connectivity index (χ4n) is 3.00. The molecule has 0 spiro atoms. The van der Waals surface area contributed by atoms with E-state index in [9.17, 15) is 4.79 Å². The largest absolute Gasteiger partial charge is 0.378 e. The predicted octanol–water partition coefficient (Wildman–Crippen LogP) is 3.47. The third kappa shape index (κ3) is 3.61. The topological polar surface area (TPSA) is 41.4 Å². The summed E-state index contributed by atoms with van der Waals surface area (Å²) in [4.78, 5) is 19.4. The van der Waals surface area contributed by atoms with Crippen LogP contribution in [-0.4, -0.2) is 44.0 Å². The molecule has 3 rings (SSSR count). The van der Waals surface area contributed by atoms with Crippen LogP contribution in [0.4, 0.5) is 11.4 Å². The van der Waals surface area contributed by atoms with E-state index in [-0.39, 0.29) is 6.04 Å². The van der Waals surface area contributed by atoms with Gasteiger partial charge in [-0.2, -0.15) is 0 Å². The van der Waals surface area contributed by atoms with Crippen molar-refractivity contribution >= 4 is 17.7 Å². The lowest BCUT2D eigenvalue weighted by Crippen LogP contribution is -2.13. The molecular weight excluding hydrogens is 324 g/mol. The molecule has 134 valence electrons. The molecule has 0 radical (unpaired) electrons. The van der Waals surface area contributed by atoms with E-state index in [4.69, 9.17) is 0 Å². The van der Waals surface area contributed by atoms with Crippen LogP contribution in [0.5, 0.6) is 0 Å². The van der Waals surface area contributed by atoms with E-state index in [1.807, 2.05) is 32.8 Å². The van der Waals surface area contributed by atoms with Gasteiger partial charge in [0.2, 0.25) is 0 Å². The third-order valence-electron chi connectivity index (χ3n) is 4.49. The number of anilines is 2. The summed E-state index contributed by atoms with van der Waals surface area (Å²) in [7, 11) is 8.11. The van der Waals surface area contributed by atoms with Gasteiger partial charge in [0.15, 0.2) is 6.29 Å². The standard InChI is InChI=1S/C21H24N4O/c1-23(2)19-9-5-16(6-10-19)21(25-13-18(14-26)22-15-25)17-7-11-20(12-8-17)24(3)4/h5-15,21H,1-4H3. The van der Waals surface area contributed by atoms with Gasteiger partial charge < -0.3 is 14.4 Å². The summed E-state index contributed by atoms with van der Waals surface area (Å²) in [5.74, 6) is 0. The lowest BCUT2D eigenvalue weighted by Gasteiger charge is -2.22. The van der Waals surface area contributed by atoms with Gasteiger partial charge in [0, 0.05) is 45.8 Å². The highest BCUT2D eigenvalue weighted by molar-refractivity contribution is 5.71. The highest BCUT2D eigenvalue weighted by atomic mass is 16.1. The first kappa shape index (κ1) is 17.7. The zero-order valence-corrected chi connectivity index (χ0v) is 15.6. The number of carbonyl (C=O) groups is 1. The number of hydrogen-bond donors (Lipinski definition) is 0. The van der Waals surface area contributed by atoms with Crippen LogP contribution in [0.15, 0.2) is 61.1 Å². The van der Waals surface area contributed by atoms with Gasteiger partial charge in [-0.1, -0.05) is 24.3 Å². The van der Waals surface area contributed by atoms with Crippen LogP contribution in [0.25, 0.3) is 0 Å². The van der Waals surface area contributed by atoms with E-state index in [1.54, 1.807) is 12.5 Å². The maximum absolute atomic E-state index is 11.1. The molecule has 0 aliphatic rings. The summed E-state index contributed by atoms with van der Waals surface area (Å²) >= 11 is 0. The lowest BCUT2D eigenvalue weighted by atomic mass is 9.97. The van der Waals surface area contributed by atoms with Crippen LogP contribution in [0.3, 0.4) is 0 Å². The number of carbonyl (C=O) groups excluding carboxylic acids is 1. The molecule has 1 aromatic heterocycles. The second-order valence-electron chi connectivity index (χ2n) is 6.74. The average Bonchev–Trinajstić information content (AvgIpc) is 3.11. The molecule has 5 heteroatoms. The molecule has 0 amide bonds. The summed E-state index contributed by atoms with van der Waals surface area (Å²) in [5.41, 5.74) is 5.01. The minimum atomic E-state index is -0.0383. The second-order valence-corrected chi connectivity index (χ2v) is 6.74. The maximum Gasteiger partial charge on any atom is 0.169 e. The Balaban J connectivity index is 2.05. The number of rotatable bonds is 6. The zero-order valence-electron chi connectivity index (χ0n) is 15.6. The van der Waals surface area contributed by atoms with E-state index in [0.29, 0.717) is 5.69 Å². The van der Waals surface area contributed by atoms with Crippen molar-refractivity contribution in [2.45, 2.75) is 6.04 Å². The van der Waals surface area contributed by atoms with E-state index in [0.717, 1.165) is 28.8 Å². The Kier molecular flexibility index (Phi) is 5.07. The van der Waals surface area contributed by atoms with E-state index in [1.165, 1.54) is 0 Å². The highest BCUT2D eigenvalue weighted by Gasteiger charge is 2.17. The molecular formula is C21H24N4O. The molecule has 0 bridgehead atoms. The van der Waals surface area contributed by atoms with Gasteiger partial charge in [-0.25, -0.2) is 4.98 Å². The van der Waals surface area contributed by atoms with Crippen LogP contribution in [0.2, 0.25) is 0 Å². The van der Waals surface area contributed by atoms with Crippen LogP contribution in [0, 0.1) is 0 Å². The summed E-state index contributed by atoms with van der Waals surface area (Å²) < 4.78 is 1.99. The molecule has 5 nitrogen and oxygen atoms in total. The number of hydrogen-bond acceptors (Lipinski definition) is 4. The molecule has 3 aromatic rings. The molecule has 0 saturated heterocycles. The minimum absolute atomic E-state index is 0.0383. The lowest BCUT2D eigenvalue weighted by molar-refractivity contribution is 0.111. The minimum Gasteiger partial charge on any atom is -0.378 e. The van der Waals surface area contributed by atoms with Crippen LogP contribution < -0.4 is 9.80 Å². The fraction of sp³-hybridized carbons (Fsp3) is 0.238. The van der Waals surface area contributed by atoms with Crippen molar-refractivity contribution in [3.8, 4) is 0 Å². The molecule has 0 saturated carbocycles. The predicted molar refractivity (Wildman–Crippen MR) is 106 cm³/mol. The highest BCUT2D eigenvalue weighted by Crippen LogP contribution is 2.29. The molecule has 0 aliphatic heterocycles. The molecule has 0 atom stereocenters. The summed E-state index contributed by atoms with van der Waals surface area (Å²) in [6.07, 6.45) is 4.28. The zero-order chi connectivity index (χ0) is 18.7. The van der Waals surface area contributed by atoms with E-state index in [2.05, 4.69) is 63.3 Å². The SMILES string of the molecule is CN(C)c1ccc(C(c2ccc(N(C)C)cc2)n2cnc(C=O)c2)cc1. The summed E-state index contributed by atoms with van der Waals surface area (Å²) in [6.45, 7) is 0.